The molecule has 0 heterocycles. The Balaban J connectivity index is 1.91. The van der Waals surface area contributed by atoms with Crippen LogP contribution in [0.25, 0.3) is 11.1 Å². The highest BCUT2D eigenvalue weighted by atomic mass is 32.2. The molecule has 0 bridgehead atoms. The molecule has 0 aromatic heterocycles. The molecule has 0 atom stereocenters. The van der Waals surface area contributed by atoms with Gasteiger partial charge in [0.15, 0.2) is 0 Å². The Kier molecular flexibility index (Phi) is 5.35. The van der Waals surface area contributed by atoms with E-state index in [4.69, 9.17) is 10.9 Å². The van der Waals surface area contributed by atoms with E-state index in [1.165, 1.54) is 36.4 Å². The molecule has 6 N–H and O–H groups in total. The summed E-state index contributed by atoms with van der Waals surface area (Å²) in [6.45, 7) is 0. The van der Waals surface area contributed by atoms with Crippen LogP contribution in [-0.4, -0.2) is 25.3 Å². The molecule has 0 aliphatic rings. The molecule has 0 saturated carbocycles. The molecule has 0 fully saturated rings. The van der Waals surface area contributed by atoms with Crippen LogP contribution in [0.4, 0.5) is 5.69 Å². The van der Waals surface area contributed by atoms with Gasteiger partial charge in [-0.05, 0) is 35.9 Å². The fourth-order valence-corrected chi connectivity index (χ4v) is 3.58. The first-order chi connectivity index (χ1) is 13.7. The van der Waals surface area contributed by atoms with Gasteiger partial charge in [0.05, 0.1) is 16.1 Å². The summed E-state index contributed by atoms with van der Waals surface area (Å²) in [6.07, 6.45) is 0. The highest BCUT2D eigenvalue weighted by Crippen LogP contribution is 2.29. The summed E-state index contributed by atoms with van der Waals surface area (Å²) in [7, 11) is -3.92. The molecule has 8 nitrogen and oxygen atoms in total. The average Bonchev–Trinajstić information content (AvgIpc) is 2.68. The second kappa shape index (κ2) is 7.74. The smallest absolute Gasteiger partial charge is 0.255 e. The van der Waals surface area contributed by atoms with E-state index in [0.717, 1.165) is 0 Å². The predicted molar refractivity (Wildman–Crippen MR) is 108 cm³/mol. The second-order valence-corrected chi connectivity index (χ2v) is 7.67. The third-order valence-electron chi connectivity index (χ3n) is 4.20. The van der Waals surface area contributed by atoms with Crippen molar-refractivity contribution >= 4 is 27.5 Å². The molecule has 0 aliphatic heterocycles. The Bertz CT molecular complexity index is 1210. The molecule has 148 valence electrons. The molecule has 9 heteroatoms. The minimum atomic E-state index is -3.92. The Hall–Kier alpha value is -3.69. The zero-order chi connectivity index (χ0) is 21.2. The maximum atomic E-state index is 12.5. The number of primary amides is 1. The van der Waals surface area contributed by atoms with Crippen LogP contribution in [-0.2, 0) is 10.0 Å². The number of para-hydroxylation sites is 1. The minimum absolute atomic E-state index is 0.0301. The largest absolute Gasteiger partial charge is 0.506 e. The molecule has 2 amide bonds. The lowest BCUT2D eigenvalue weighted by atomic mass is 10.0. The number of benzene rings is 3. The lowest BCUT2D eigenvalue weighted by Gasteiger charge is -2.12. The minimum Gasteiger partial charge on any atom is -0.506 e. The van der Waals surface area contributed by atoms with Crippen molar-refractivity contribution in [2.45, 2.75) is 4.90 Å². The number of carbonyl (C=O) groups excluding carboxylic acids is 2. The summed E-state index contributed by atoms with van der Waals surface area (Å²) >= 11 is 0. The number of anilines is 1. The van der Waals surface area contributed by atoms with Gasteiger partial charge in [-0.1, -0.05) is 36.4 Å². The molecular formula is C20H17N3O5S. The number of primary sulfonamides is 1. The summed E-state index contributed by atoms with van der Waals surface area (Å²) < 4.78 is 23.6. The molecule has 0 spiro atoms. The number of phenols is 1. The van der Waals surface area contributed by atoms with Gasteiger partial charge in [0.1, 0.15) is 5.75 Å². The van der Waals surface area contributed by atoms with E-state index in [1.807, 2.05) is 0 Å². The fraction of sp³-hybridized carbons (Fsp3) is 0. The highest BCUT2D eigenvalue weighted by Gasteiger charge is 2.17. The summed E-state index contributed by atoms with van der Waals surface area (Å²) in [5.41, 5.74) is 6.32. The zero-order valence-electron chi connectivity index (χ0n) is 15.0. The molecule has 0 aliphatic carbocycles. The summed E-state index contributed by atoms with van der Waals surface area (Å²) in [5, 5.41) is 17.7. The highest BCUT2D eigenvalue weighted by molar-refractivity contribution is 7.89. The molecule has 0 unspecified atom stereocenters. The first-order valence-electron chi connectivity index (χ1n) is 8.34. The number of carbonyl (C=O) groups is 2. The van der Waals surface area contributed by atoms with Gasteiger partial charge < -0.3 is 16.2 Å². The summed E-state index contributed by atoms with van der Waals surface area (Å²) in [5.74, 6) is -1.68. The Morgan fingerprint density at radius 1 is 0.897 bits per heavy atom. The van der Waals surface area contributed by atoms with Crippen molar-refractivity contribution in [3.63, 3.8) is 0 Å². The first-order valence-corrected chi connectivity index (χ1v) is 9.88. The van der Waals surface area contributed by atoms with Crippen LogP contribution in [0, 0.1) is 0 Å². The van der Waals surface area contributed by atoms with E-state index in [0.29, 0.717) is 11.1 Å². The van der Waals surface area contributed by atoms with Crippen LogP contribution in [0.15, 0.2) is 71.6 Å². The van der Waals surface area contributed by atoms with Gasteiger partial charge in [-0.2, -0.15) is 0 Å². The van der Waals surface area contributed by atoms with Crippen LogP contribution in [0.1, 0.15) is 20.7 Å². The number of nitrogens with one attached hydrogen (secondary N) is 1. The molecule has 3 aromatic carbocycles. The van der Waals surface area contributed by atoms with Crippen molar-refractivity contribution in [3.8, 4) is 16.9 Å². The number of phenolic OH excluding ortho intramolecular Hbond substituents is 1. The van der Waals surface area contributed by atoms with Crippen LogP contribution >= 0.6 is 0 Å². The van der Waals surface area contributed by atoms with Crippen LogP contribution in [0.2, 0.25) is 0 Å². The maximum Gasteiger partial charge on any atom is 0.255 e. The quantitative estimate of drug-likeness (QED) is 0.473. The summed E-state index contributed by atoms with van der Waals surface area (Å²) in [6, 6.07) is 16.5. The lowest BCUT2D eigenvalue weighted by molar-refractivity contribution is 0.100. The van der Waals surface area contributed by atoms with Gasteiger partial charge in [-0.25, -0.2) is 13.6 Å². The second-order valence-electron chi connectivity index (χ2n) is 6.14. The number of nitrogens with two attached hydrogens (primary N) is 2. The van der Waals surface area contributed by atoms with Crippen molar-refractivity contribution in [1.82, 2.24) is 0 Å². The standard InChI is InChI=1S/C20H17N3O5S/c21-19(25)15-5-3-6-16(24)18(15)23-20(26)13-10-8-12(9-11-13)14-4-1-2-7-17(14)29(22,27)28/h1-11,24H,(H2,21,25)(H,23,26)(H2,22,27,28). The third kappa shape index (κ3) is 4.26. The van der Waals surface area contributed by atoms with E-state index >= 15 is 0 Å². The normalized spacial score (nSPS) is 11.1. The lowest BCUT2D eigenvalue weighted by Crippen LogP contribution is -2.18. The zero-order valence-corrected chi connectivity index (χ0v) is 15.8. The Morgan fingerprint density at radius 2 is 1.55 bits per heavy atom. The fourth-order valence-electron chi connectivity index (χ4n) is 2.82. The van der Waals surface area contributed by atoms with Crippen LogP contribution in [0.3, 0.4) is 0 Å². The topological polar surface area (TPSA) is 153 Å². The molecule has 3 rings (SSSR count). The molecule has 0 saturated heterocycles. The number of rotatable bonds is 5. The number of hydrogen-bond acceptors (Lipinski definition) is 5. The van der Waals surface area contributed by atoms with Crippen molar-refractivity contribution in [2.24, 2.45) is 10.9 Å². The van der Waals surface area contributed by atoms with Crippen molar-refractivity contribution < 1.29 is 23.1 Å². The predicted octanol–water partition coefficient (Wildman–Crippen LogP) is 2.06. The average molecular weight is 411 g/mol. The molecular weight excluding hydrogens is 394 g/mol. The van der Waals surface area contributed by atoms with E-state index in [2.05, 4.69) is 5.32 Å². The molecule has 3 aromatic rings. The van der Waals surface area contributed by atoms with E-state index in [9.17, 15) is 23.1 Å². The van der Waals surface area contributed by atoms with Crippen molar-refractivity contribution in [2.75, 3.05) is 5.32 Å². The van der Waals surface area contributed by atoms with Gasteiger partial charge >= 0.3 is 0 Å². The van der Waals surface area contributed by atoms with Gasteiger partial charge in [0, 0.05) is 11.1 Å². The number of hydrogen-bond donors (Lipinski definition) is 4. The van der Waals surface area contributed by atoms with Crippen LogP contribution < -0.4 is 16.2 Å². The van der Waals surface area contributed by atoms with E-state index in [1.54, 1.807) is 30.3 Å². The van der Waals surface area contributed by atoms with Gasteiger partial charge in [-0.15, -0.1) is 0 Å². The number of aromatic hydroxyl groups is 1. The maximum absolute atomic E-state index is 12.5. The third-order valence-corrected chi connectivity index (χ3v) is 5.17. The van der Waals surface area contributed by atoms with E-state index in [-0.39, 0.29) is 27.5 Å². The number of amides is 2. The van der Waals surface area contributed by atoms with Gasteiger partial charge in [0.25, 0.3) is 11.8 Å². The first kappa shape index (κ1) is 20.1. The summed E-state index contributed by atoms with van der Waals surface area (Å²) in [4.78, 5) is 24.0. The number of sulfonamides is 1. The molecule has 29 heavy (non-hydrogen) atoms. The van der Waals surface area contributed by atoms with Crippen LogP contribution in [0.5, 0.6) is 5.75 Å². The van der Waals surface area contributed by atoms with Crippen molar-refractivity contribution in [3.05, 3.63) is 77.9 Å². The van der Waals surface area contributed by atoms with Gasteiger partial charge in [0.2, 0.25) is 10.0 Å². The van der Waals surface area contributed by atoms with Crippen molar-refractivity contribution in [1.29, 1.82) is 0 Å². The molecule has 0 radical (unpaired) electrons. The Labute approximate surface area is 166 Å². The van der Waals surface area contributed by atoms with Gasteiger partial charge in [-0.3, -0.25) is 9.59 Å². The Morgan fingerprint density at radius 3 is 2.17 bits per heavy atom. The monoisotopic (exact) mass is 411 g/mol. The van der Waals surface area contributed by atoms with E-state index < -0.39 is 21.8 Å². The SMILES string of the molecule is NC(=O)c1cccc(O)c1NC(=O)c1ccc(-c2ccccc2S(N)(=O)=O)cc1.